The number of piperazine rings is 1. The first-order valence-corrected chi connectivity index (χ1v) is 8.29. The van der Waals surface area contributed by atoms with Crippen molar-refractivity contribution >= 4 is 30.1 Å². The van der Waals surface area contributed by atoms with Gasteiger partial charge in [0.1, 0.15) is 0 Å². The van der Waals surface area contributed by atoms with Gasteiger partial charge in [-0.25, -0.2) is 0 Å². The summed E-state index contributed by atoms with van der Waals surface area (Å²) in [6, 6.07) is 7.06. The van der Waals surface area contributed by atoms with E-state index in [-0.39, 0.29) is 42.7 Å². The number of carbonyl (C=O) groups is 3. The molecule has 2 saturated heterocycles. The van der Waals surface area contributed by atoms with E-state index in [2.05, 4.69) is 16.0 Å². The molecule has 2 heterocycles. The molecule has 8 heteroatoms. The molecule has 2 aliphatic rings. The molecule has 0 saturated carbocycles. The van der Waals surface area contributed by atoms with Gasteiger partial charge in [-0.05, 0) is 37.1 Å². The molecular formula is C17H23ClN4O3. The molecule has 0 spiro atoms. The largest absolute Gasteiger partial charge is 0.353 e. The smallest absolute Gasteiger partial charge is 0.254 e. The molecule has 3 N–H and O–H groups in total. The summed E-state index contributed by atoms with van der Waals surface area (Å²) in [5.74, 6) is -0.253. The predicted molar refractivity (Wildman–Crippen MR) is 95.5 cm³/mol. The van der Waals surface area contributed by atoms with Gasteiger partial charge in [-0.2, -0.15) is 0 Å². The number of hydrogen-bond acceptors (Lipinski definition) is 4. The summed E-state index contributed by atoms with van der Waals surface area (Å²) in [4.78, 5) is 37.2. The predicted octanol–water partition coefficient (Wildman–Crippen LogP) is 0.0486. The summed E-state index contributed by atoms with van der Waals surface area (Å²) in [6.45, 7) is 2.45. The molecule has 3 rings (SSSR count). The third kappa shape index (κ3) is 4.93. The summed E-state index contributed by atoms with van der Waals surface area (Å²) in [5, 5.41) is 8.77. The highest BCUT2D eigenvalue weighted by Gasteiger charge is 2.23. The molecular weight excluding hydrogens is 344 g/mol. The average molecular weight is 367 g/mol. The molecule has 0 aromatic heterocycles. The summed E-state index contributed by atoms with van der Waals surface area (Å²) < 4.78 is 0. The maximum atomic E-state index is 12.4. The molecule has 25 heavy (non-hydrogen) atoms. The van der Waals surface area contributed by atoms with E-state index in [1.807, 2.05) is 12.1 Å². The fraction of sp³-hybridized carbons (Fsp3) is 0.471. The maximum absolute atomic E-state index is 12.4. The maximum Gasteiger partial charge on any atom is 0.254 e. The van der Waals surface area contributed by atoms with Gasteiger partial charge in [0.15, 0.2) is 0 Å². The molecule has 1 unspecified atom stereocenters. The summed E-state index contributed by atoms with van der Waals surface area (Å²) in [7, 11) is 0. The first kappa shape index (κ1) is 19.2. The zero-order valence-electron chi connectivity index (χ0n) is 13.9. The summed E-state index contributed by atoms with van der Waals surface area (Å²) in [6.07, 6.45) is 1.91. The second-order valence-corrected chi connectivity index (χ2v) is 6.14. The molecule has 0 radical (unpaired) electrons. The van der Waals surface area contributed by atoms with Crippen LogP contribution >= 0.6 is 12.4 Å². The Morgan fingerprint density at radius 1 is 1.20 bits per heavy atom. The van der Waals surface area contributed by atoms with Crippen LogP contribution in [0.25, 0.3) is 0 Å². The topological polar surface area (TPSA) is 90.5 Å². The third-order valence-corrected chi connectivity index (χ3v) is 4.37. The first-order chi connectivity index (χ1) is 11.6. The van der Waals surface area contributed by atoms with Crippen LogP contribution < -0.4 is 16.0 Å². The number of rotatable bonds is 4. The Hall–Kier alpha value is -2.12. The molecule has 2 fully saturated rings. The van der Waals surface area contributed by atoms with Gasteiger partial charge in [0.25, 0.3) is 5.91 Å². The lowest BCUT2D eigenvalue weighted by atomic mass is 10.1. The van der Waals surface area contributed by atoms with Crippen LogP contribution in [0.1, 0.15) is 28.8 Å². The van der Waals surface area contributed by atoms with E-state index < -0.39 is 0 Å². The van der Waals surface area contributed by atoms with Crippen LogP contribution in [-0.4, -0.2) is 54.8 Å². The zero-order valence-corrected chi connectivity index (χ0v) is 14.7. The van der Waals surface area contributed by atoms with Crippen molar-refractivity contribution in [2.45, 2.75) is 25.4 Å². The van der Waals surface area contributed by atoms with Crippen LogP contribution in [0.4, 0.5) is 0 Å². The fourth-order valence-corrected chi connectivity index (χ4v) is 2.98. The first-order valence-electron chi connectivity index (χ1n) is 8.29. The van der Waals surface area contributed by atoms with Crippen molar-refractivity contribution in [3.63, 3.8) is 0 Å². The van der Waals surface area contributed by atoms with E-state index >= 15 is 0 Å². The van der Waals surface area contributed by atoms with Gasteiger partial charge >= 0.3 is 0 Å². The molecule has 2 aliphatic heterocycles. The second-order valence-electron chi connectivity index (χ2n) is 6.14. The van der Waals surface area contributed by atoms with Crippen LogP contribution in [0.2, 0.25) is 0 Å². The van der Waals surface area contributed by atoms with E-state index in [9.17, 15) is 14.4 Å². The molecule has 1 aromatic carbocycles. The quantitative estimate of drug-likeness (QED) is 0.702. The van der Waals surface area contributed by atoms with Gasteiger partial charge in [0.05, 0.1) is 12.6 Å². The van der Waals surface area contributed by atoms with Crippen molar-refractivity contribution in [1.29, 1.82) is 0 Å². The highest BCUT2D eigenvalue weighted by Crippen LogP contribution is 2.10. The van der Waals surface area contributed by atoms with Crippen molar-refractivity contribution in [2.24, 2.45) is 0 Å². The lowest BCUT2D eigenvalue weighted by molar-refractivity contribution is -0.123. The van der Waals surface area contributed by atoms with E-state index in [0.717, 1.165) is 24.9 Å². The second kappa shape index (κ2) is 8.82. The summed E-state index contributed by atoms with van der Waals surface area (Å²) in [5.41, 5.74) is 1.49. The average Bonchev–Trinajstić information content (AvgIpc) is 3.14. The Morgan fingerprint density at radius 2 is 1.96 bits per heavy atom. The van der Waals surface area contributed by atoms with Crippen molar-refractivity contribution in [1.82, 2.24) is 20.9 Å². The van der Waals surface area contributed by atoms with Gasteiger partial charge in [-0.15, -0.1) is 12.4 Å². The van der Waals surface area contributed by atoms with Crippen molar-refractivity contribution in [2.75, 3.05) is 26.2 Å². The highest BCUT2D eigenvalue weighted by atomic mass is 35.5. The van der Waals surface area contributed by atoms with Crippen LogP contribution in [0.15, 0.2) is 24.3 Å². The van der Waals surface area contributed by atoms with Crippen LogP contribution in [0.3, 0.4) is 0 Å². The lowest BCUT2D eigenvalue weighted by Gasteiger charge is -2.26. The Balaban J connectivity index is 0.00000225. The van der Waals surface area contributed by atoms with E-state index in [4.69, 9.17) is 0 Å². The minimum Gasteiger partial charge on any atom is -0.353 e. The fourth-order valence-electron chi connectivity index (χ4n) is 2.98. The SMILES string of the molecule is Cl.O=C1CN(C(=O)c2ccc(CNC(=O)C3CCCN3)cc2)CCN1. The zero-order chi connectivity index (χ0) is 16.9. The van der Waals surface area contributed by atoms with Gasteiger partial charge in [0, 0.05) is 25.2 Å². The Morgan fingerprint density at radius 3 is 2.60 bits per heavy atom. The number of halogens is 1. The minimum atomic E-state index is -0.143. The molecule has 0 bridgehead atoms. The molecule has 3 amide bonds. The van der Waals surface area contributed by atoms with Gasteiger partial charge < -0.3 is 20.9 Å². The normalized spacial score (nSPS) is 19.8. The lowest BCUT2D eigenvalue weighted by Crippen LogP contribution is -2.49. The molecule has 136 valence electrons. The number of nitrogens with one attached hydrogen (secondary N) is 3. The van der Waals surface area contributed by atoms with E-state index in [0.29, 0.717) is 25.2 Å². The molecule has 7 nitrogen and oxygen atoms in total. The van der Waals surface area contributed by atoms with Crippen molar-refractivity contribution in [3.05, 3.63) is 35.4 Å². The Kier molecular flexibility index (Phi) is 6.78. The monoisotopic (exact) mass is 366 g/mol. The number of benzene rings is 1. The van der Waals surface area contributed by atoms with Crippen LogP contribution in [0.5, 0.6) is 0 Å². The van der Waals surface area contributed by atoms with Gasteiger partial charge in [0.2, 0.25) is 11.8 Å². The van der Waals surface area contributed by atoms with Crippen molar-refractivity contribution < 1.29 is 14.4 Å². The van der Waals surface area contributed by atoms with Gasteiger partial charge in [-0.3, -0.25) is 14.4 Å². The standard InChI is InChI=1S/C17H22N4O3.ClH/c22-15-11-21(9-8-19-15)17(24)13-5-3-12(4-6-13)10-20-16(23)14-2-1-7-18-14;/h3-6,14,18H,1-2,7-11H2,(H,19,22)(H,20,23);1H. The molecule has 0 aliphatic carbocycles. The van der Waals surface area contributed by atoms with Crippen LogP contribution in [0, 0.1) is 0 Å². The Labute approximate surface area is 152 Å². The number of carbonyl (C=O) groups excluding carboxylic acids is 3. The van der Waals surface area contributed by atoms with E-state index in [1.165, 1.54) is 0 Å². The number of nitrogens with zero attached hydrogens (tertiary/aromatic N) is 1. The van der Waals surface area contributed by atoms with Gasteiger partial charge in [-0.1, -0.05) is 12.1 Å². The van der Waals surface area contributed by atoms with E-state index in [1.54, 1.807) is 17.0 Å². The molecule has 1 aromatic rings. The van der Waals surface area contributed by atoms with Crippen LogP contribution in [-0.2, 0) is 16.1 Å². The highest BCUT2D eigenvalue weighted by molar-refractivity contribution is 5.97. The number of amides is 3. The number of hydrogen-bond donors (Lipinski definition) is 3. The molecule has 1 atom stereocenters. The summed E-state index contributed by atoms with van der Waals surface area (Å²) >= 11 is 0. The third-order valence-electron chi connectivity index (χ3n) is 4.37. The Bertz CT molecular complexity index is 629. The minimum absolute atomic E-state index is 0. The van der Waals surface area contributed by atoms with Crippen molar-refractivity contribution in [3.8, 4) is 0 Å².